The van der Waals surface area contributed by atoms with Crippen LogP contribution in [-0.4, -0.2) is 35.9 Å². The van der Waals surface area contributed by atoms with Gasteiger partial charge in [-0.3, -0.25) is 0 Å². The summed E-state index contributed by atoms with van der Waals surface area (Å²) in [5.41, 5.74) is 3.45. The van der Waals surface area contributed by atoms with E-state index in [4.69, 9.17) is 9.47 Å². The van der Waals surface area contributed by atoms with Gasteiger partial charge in [0.1, 0.15) is 12.4 Å². The molecule has 0 radical (unpaired) electrons. The third-order valence-electron chi connectivity index (χ3n) is 4.74. The zero-order chi connectivity index (χ0) is 19.5. The van der Waals surface area contributed by atoms with Crippen LogP contribution in [0.1, 0.15) is 15.9 Å². The Balaban J connectivity index is 1.56. The number of carbonyl (C=O) groups excluding carboxylic acids is 1. The van der Waals surface area contributed by atoms with Gasteiger partial charge < -0.3 is 19.6 Å². The Morgan fingerprint density at radius 1 is 1.00 bits per heavy atom. The lowest BCUT2D eigenvalue weighted by Crippen LogP contribution is -2.20. The van der Waals surface area contributed by atoms with Gasteiger partial charge in [0.05, 0.1) is 18.8 Å². The van der Waals surface area contributed by atoms with Crippen molar-refractivity contribution in [3.05, 3.63) is 77.9 Å². The molecule has 0 aliphatic carbocycles. The Bertz CT molecular complexity index is 1120. The number of aromatic nitrogens is 1. The molecular formula is C23H21NO4. The normalized spacial score (nSPS) is 12.2. The molecule has 1 heterocycles. The summed E-state index contributed by atoms with van der Waals surface area (Å²) in [5.74, 6) is 0.379. The van der Waals surface area contributed by atoms with E-state index >= 15 is 0 Å². The SMILES string of the molecule is COC(=O)c1ccc2[nH]c3ccc(CC(O)COc4ccccc4)cc3c2c1. The lowest BCUT2D eigenvalue weighted by atomic mass is 10.0. The molecule has 3 aromatic carbocycles. The summed E-state index contributed by atoms with van der Waals surface area (Å²) >= 11 is 0. The Morgan fingerprint density at radius 3 is 2.46 bits per heavy atom. The molecule has 5 heteroatoms. The van der Waals surface area contributed by atoms with Crippen LogP contribution in [0.2, 0.25) is 0 Å². The number of methoxy groups -OCH3 is 1. The van der Waals surface area contributed by atoms with Crippen LogP contribution in [-0.2, 0) is 11.2 Å². The van der Waals surface area contributed by atoms with E-state index in [9.17, 15) is 9.90 Å². The lowest BCUT2D eigenvalue weighted by molar-refractivity contribution is 0.0601. The van der Waals surface area contributed by atoms with E-state index in [2.05, 4.69) is 4.98 Å². The number of fused-ring (bicyclic) bond motifs is 3. The average molecular weight is 375 g/mol. The number of nitrogens with one attached hydrogen (secondary N) is 1. The van der Waals surface area contributed by atoms with Crippen molar-refractivity contribution in [2.45, 2.75) is 12.5 Å². The number of hydrogen-bond acceptors (Lipinski definition) is 4. The summed E-state index contributed by atoms with van der Waals surface area (Å²) in [6, 6.07) is 20.9. The predicted octanol–water partition coefficient (Wildman–Crippen LogP) is 4.09. The van der Waals surface area contributed by atoms with Crippen molar-refractivity contribution >= 4 is 27.8 Å². The zero-order valence-corrected chi connectivity index (χ0v) is 15.5. The number of benzene rings is 3. The van der Waals surface area contributed by atoms with Crippen molar-refractivity contribution in [1.82, 2.24) is 4.98 Å². The maximum Gasteiger partial charge on any atom is 0.337 e. The minimum Gasteiger partial charge on any atom is -0.491 e. The second-order valence-electron chi connectivity index (χ2n) is 6.74. The maximum atomic E-state index is 11.8. The quantitative estimate of drug-likeness (QED) is 0.498. The minimum absolute atomic E-state index is 0.225. The second-order valence-corrected chi connectivity index (χ2v) is 6.74. The Labute approximate surface area is 162 Å². The molecular weight excluding hydrogens is 354 g/mol. The highest BCUT2D eigenvalue weighted by Crippen LogP contribution is 2.28. The highest BCUT2D eigenvalue weighted by atomic mass is 16.5. The number of carbonyl (C=O) groups is 1. The minimum atomic E-state index is -0.617. The molecule has 0 spiro atoms. The van der Waals surface area contributed by atoms with Crippen molar-refractivity contribution in [1.29, 1.82) is 0 Å². The monoisotopic (exact) mass is 375 g/mol. The van der Waals surface area contributed by atoms with E-state index in [1.165, 1.54) is 7.11 Å². The highest BCUT2D eigenvalue weighted by Gasteiger charge is 2.12. The molecule has 4 rings (SSSR count). The molecule has 142 valence electrons. The largest absolute Gasteiger partial charge is 0.491 e. The van der Waals surface area contributed by atoms with E-state index in [1.807, 2.05) is 60.7 Å². The van der Waals surface area contributed by atoms with E-state index < -0.39 is 6.10 Å². The first-order valence-corrected chi connectivity index (χ1v) is 9.12. The van der Waals surface area contributed by atoms with E-state index in [1.54, 1.807) is 6.07 Å². The van der Waals surface area contributed by atoms with E-state index in [0.29, 0.717) is 12.0 Å². The van der Waals surface area contributed by atoms with Crippen molar-refractivity contribution in [2.75, 3.05) is 13.7 Å². The van der Waals surface area contributed by atoms with Crippen LogP contribution >= 0.6 is 0 Å². The zero-order valence-electron chi connectivity index (χ0n) is 15.5. The Kier molecular flexibility index (Phi) is 5.00. The summed E-state index contributed by atoms with van der Waals surface area (Å²) < 4.78 is 10.4. The number of hydrogen-bond donors (Lipinski definition) is 2. The van der Waals surface area contributed by atoms with Crippen LogP contribution in [0.3, 0.4) is 0 Å². The molecule has 0 aliphatic rings. The highest BCUT2D eigenvalue weighted by molar-refractivity contribution is 6.09. The average Bonchev–Trinajstić information content (AvgIpc) is 3.09. The van der Waals surface area contributed by atoms with Crippen molar-refractivity contribution in [2.24, 2.45) is 0 Å². The van der Waals surface area contributed by atoms with Gasteiger partial charge in [0, 0.05) is 28.2 Å². The van der Waals surface area contributed by atoms with Crippen molar-refractivity contribution in [3.63, 3.8) is 0 Å². The summed E-state index contributed by atoms with van der Waals surface area (Å²) in [6.45, 7) is 0.225. The van der Waals surface area contributed by atoms with Gasteiger partial charge in [-0.1, -0.05) is 24.3 Å². The van der Waals surface area contributed by atoms with Crippen LogP contribution in [0.5, 0.6) is 5.75 Å². The third-order valence-corrected chi connectivity index (χ3v) is 4.74. The van der Waals surface area contributed by atoms with Gasteiger partial charge >= 0.3 is 5.97 Å². The maximum absolute atomic E-state index is 11.8. The van der Waals surface area contributed by atoms with Crippen molar-refractivity contribution in [3.8, 4) is 5.75 Å². The standard InChI is InChI=1S/C23H21NO4/c1-27-23(26)16-8-10-22-20(13-16)19-12-15(7-9-21(19)24-22)11-17(25)14-28-18-5-3-2-4-6-18/h2-10,12-13,17,24-25H,11,14H2,1H3. The summed E-state index contributed by atoms with van der Waals surface area (Å²) in [6.07, 6.45) is -0.139. The fourth-order valence-corrected chi connectivity index (χ4v) is 3.36. The topological polar surface area (TPSA) is 71.6 Å². The summed E-state index contributed by atoms with van der Waals surface area (Å²) in [5, 5.41) is 12.3. The number of para-hydroxylation sites is 1. The smallest absolute Gasteiger partial charge is 0.337 e. The first kappa shape index (κ1) is 18.1. The van der Waals surface area contributed by atoms with Gasteiger partial charge in [0.15, 0.2) is 0 Å². The van der Waals surface area contributed by atoms with Crippen LogP contribution in [0, 0.1) is 0 Å². The molecule has 0 bridgehead atoms. The number of rotatable bonds is 6. The number of H-pyrrole nitrogens is 1. The molecule has 1 aromatic heterocycles. The predicted molar refractivity (Wildman–Crippen MR) is 109 cm³/mol. The molecule has 1 atom stereocenters. The first-order valence-electron chi connectivity index (χ1n) is 9.12. The Morgan fingerprint density at radius 2 is 1.71 bits per heavy atom. The number of esters is 1. The number of aliphatic hydroxyl groups excluding tert-OH is 1. The van der Waals surface area contributed by atoms with Gasteiger partial charge in [0.25, 0.3) is 0 Å². The van der Waals surface area contributed by atoms with Crippen LogP contribution in [0.15, 0.2) is 66.7 Å². The fraction of sp³-hybridized carbons (Fsp3) is 0.174. The van der Waals surface area contributed by atoms with Crippen LogP contribution < -0.4 is 4.74 Å². The first-order chi connectivity index (χ1) is 13.6. The molecule has 2 N–H and O–H groups in total. The van der Waals surface area contributed by atoms with Gasteiger partial charge in [-0.05, 0) is 48.0 Å². The number of ether oxygens (including phenoxy) is 2. The molecule has 0 aliphatic heterocycles. The van der Waals surface area contributed by atoms with Crippen LogP contribution in [0.25, 0.3) is 21.8 Å². The summed E-state index contributed by atoms with van der Waals surface area (Å²) in [4.78, 5) is 15.2. The van der Waals surface area contributed by atoms with E-state index in [0.717, 1.165) is 33.1 Å². The molecule has 0 saturated heterocycles. The van der Waals surface area contributed by atoms with Gasteiger partial charge in [-0.2, -0.15) is 0 Å². The van der Waals surface area contributed by atoms with Gasteiger partial charge in [0.2, 0.25) is 0 Å². The lowest BCUT2D eigenvalue weighted by Gasteiger charge is -2.12. The Hall–Kier alpha value is -3.31. The molecule has 5 nitrogen and oxygen atoms in total. The van der Waals surface area contributed by atoms with Gasteiger partial charge in [-0.15, -0.1) is 0 Å². The van der Waals surface area contributed by atoms with E-state index in [-0.39, 0.29) is 12.6 Å². The molecule has 0 fully saturated rings. The van der Waals surface area contributed by atoms with Crippen LogP contribution in [0.4, 0.5) is 0 Å². The third kappa shape index (κ3) is 3.70. The molecule has 1 unspecified atom stereocenters. The number of aromatic amines is 1. The number of aliphatic hydroxyl groups is 1. The molecule has 4 aromatic rings. The molecule has 28 heavy (non-hydrogen) atoms. The van der Waals surface area contributed by atoms with Crippen molar-refractivity contribution < 1.29 is 19.4 Å². The second kappa shape index (κ2) is 7.74. The molecule has 0 saturated carbocycles. The fourth-order valence-electron chi connectivity index (χ4n) is 3.36. The summed E-state index contributed by atoms with van der Waals surface area (Å²) in [7, 11) is 1.37. The van der Waals surface area contributed by atoms with Gasteiger partial charge in [-0.25, -0.2) is 4.79 Å². The molecule has 0 amide bonds.